The maximum Gasteiger partial charge on any atom is 0.387 e. The third-order valence-electron chi connectivity index (χ3n) is 3.99. The Morgan fingerprint density at radius 1 is 1.20 bits per heavy atom. The molecular formula is C15H20F2N2O. The molecular weight excluding hydrogens is 262 g/mol. The highest BCUT2D eigenvalue weighted by Crippen LogP contribution is 2.27. The zero-order valence-corrected chi connectivity index (χ0v) is 11.4. The van der Waals surface area contributed by atoms with Crippen LogP contribution in [0.25, 0.3) is 0 Å². The van der Waals surface area contributed by atoms with E-state index in [0.717, 1.165) is 31.4 Å². The number of anilines is 1. The van der Waals surface area contributed by atoms with Gasteiger partial charge < -0.3 is 15.0 Å². The predicted molar refractivity (Wildman–Crippen MR) is 74.4 cm³/mol. The summed E-state index contributed by atoms with van der Waals surface area (Å²) in [7, 11) is 0. The van der Waals surface area contributed by atoms with Crippen LogP contribution in [0.4, 0.5) is 14.5 Å². The van der Waals surface area contributed by atoms with E-state index < -0.39 is 6.61 Å². The Morgan fingerprint density at radius 2 is 1.95 bits per heavy atom. The molecule has 20 heavy (non-hydrogen) atoms. The molecule has 2 aliphatic rings. The lowest BCUT2D eigenvalue weighted by molar-refractivity contribution is -0.0498. The topological polar surface area (TPSA) is 24.5 Å². The molecule has 1 N–H and O–H groups in total. The second-order valence-electron chi connectivity index (χ2n) is 5.66. The summed E-state index contributed by atoms with van der Waals surface area (Å²) in [6.45, 7) is 0.403. The number of benzene rings is 1. The summed E-state index contributed by atoms with van der Waals surface area (Å²) in [6.07, 6.45) is 3.83. The van der Waals surface area contributed by atoms with Gasteiger partial charge in [0.25, 0.3) is 0 Å². The van der Waals surface area contributed by atoms with Gasteiger partial charge in [-0.05, 0) is 56.0 Å². The molecule has 1 aliphatic carbocycles. The first-order chi connectivity index (χ1) is 9.70. The maximum atomic E-state index is 12.1. The lowest BCUT2D eigenvalue weighted by atomic mass is 10.1. The van der Waals surface area contributed by atoms with Gasteiger partial charge in [-0.2, -0.15) is 8.78 Å². The summed E-state index contributed by atoms with van der Waals surface area (Å²) < 4.78 is 28.5. The second-order valence-corrected chi connectivity index (χ2v) is 5.66. The first-order valence-electron chi connectivity index (χ1n) is 7.24. The van der Waals surface area contributed by atoms with Crippen molar-refractivity contribution in [3.05, 3.63) is 24.3 Å². The molecule has 1 aromatic rings. The van der Waals surface area contributed by atoms with E-state index >= 15 is 0 Å². The Labute approximate surface area is 117 Å². The van der Waals surface area contributed by atoms with Gasteiger partial charge in [-0.1, -0.05) is 0 Å². The number of hydrogen-bond acceptors (Lipinski definition) is 3. The highest BCUT2D eigenvalue weighted by molar-refractivity contribution is 5.49. The molecule has 0 bridgehead atoms. The number of rotatable bonds is 6. The van der Waals surface area contributed by atoms with Gasteiger partial charge in [0.15, 0.2) is 0 Å². The number of halogens is 2. The van der Waals surface area contributed by atoms with Crippen molar-refractivity contribution in [1.82, 2.24) is 5.32 Å². The molecule has 2 fully saturated rings. The van der Waals surface area contributed by atoms with Crippen LogP contribution in [-0.4, -0.2) is 32.3 Å². The predicted octanol–water partition coefficient (Wildman–Crippen LogP) is 2.87. The van der Waals surface area contributed by atoms with Crippen molar-refractivity contribution in [2.45, 2.75) is 31.9 Å². The van der Waals surface area contributed by atoms with Crippen LogP contribution >= 0.6 is 0 Å². The second kappa shape index (κ2) is 5.95. The van der Waals surface area contributed by atoms with Crippen molar-refractivity contribution in [3.63, 3.8) is 0 Å². The van der Waals surface area contributed by atoms with Crippen LogP contribution in [0.15, 0.2) is 24.3 Å². The molecule has 0 radical (unpaired) electrons. The number of nitrogens with zero attached hydrogens (tertiary/aromatic N) is 1. The van der Waals surface area contributed by atoms with Crippen molar-refractivity contribution < 1.29 is 13.5 Å². The van der Waals surface area contributed by atoms with Crippen LogP contribution in [0.1, 0.15) is 19.3 Å². The Hall–Kier alpha value is -1.36. The standard InChI is InChI=1S/C15H20F2N2O/c16-15(17)20-14-5-3-13(4-6-14)19-8-7-11(10-19)9-18-12-1-2-12/h3-6,11-12,15,18H,1-2,7-10H2. The molecule has 1 heterocycles. The van der Waals surface area contributed by atoms with E-state index in [1.165, 1.54) is 19.3 Å². The lowest BCUT2D eigenvalue weighted by Gasteiger charge is -2.19. The highest BCUT2D eigenvalue weighted by atomic mass is 19.3. The van der Waals surface area contributed by atoms with E-state index in [-0.39, 0.29) is 5.75 Å². The molecule has 5 heteroatoms. The van der Waals surface area contributed by atoms with E-state index in [9.17, 15) is 8.78 Å². The van der Waals surface area contributed by atoms with E-state index in [1.807, 2.05) is 12.1 Å². The molecule has 1 unspecified atom stereocenters. The number of nitrogens with one attached hydrogen (secondary N) is 1. The fourth-order valence-electron chi connectivity index (χ4n) is 2.69. The fraction of sp³-hybridized carbons (Fsp3) is 0.600. The molecule has 1 atom stereocenters. The molecule has 1 saturated carbocycles. The summed E-state index contributed by atoms with van der Waals surface area (Å²) in [5.74, 6) is 0.905. The molecule has 3 nitrogen and oxygen atoms in total. The zero-order valence-electron chi connectivity index (χ0n) is 11.4. The van der Waals surface area contributed by atoms with E-state index in [1.54, 1.807) is 12.1 Å². The third-order valence-corrected chi connectivity index (χ3v) is 3.99. The van der Waals surface area contributed by atoms with Crippen LogP contribution in [0.3, 0.4) is 0 Å². The molecule has 1 aliphatic heterocycles. The van der Waals surface area contributed by atoms with Crippen molar-refractivity contribution in [2.24, 2.45) is 5.92 Å². The Kier molecular flexibility index (Phi) is 4.05. The van der Waals surface area contributed by atoms with Crippen molar-refractivity contribution in [2.75, 3.05) is 24.5 Å². The van der Waals surface area contributed by atoms with Crippen molar-refractivity contribution >= 4 is 5.69 Å². The minimum Gasteiger partial charge on any atom is -0.435 e. The van der Waals surface area contributed by atoms with Crippen molar-refractivity contribution in [1.29, 1.82) is 0 Å². The zero-order chi connectivity index (χ0) is 13.9. The summed E-state index contributed by atoms with van der Waals surface area (Å²) in [6, 6.07) is 7.69. The first-order valence-corrected chi connectivity index (χ1v) is 7.24. The SMILES string of the molecule is FC(F)Oc1ccc(N2CCC(CNC3CC3)C2)cc1. The van der Waals surface area contributed by atoms with Gasteiger partial charge in [0.2, 0.25) is 0 Å². The molecule has 0 spiro atoms. The lowest BCUT2D eigenvalue weighted by Crippen LogP contribution is -2.27. The largest absolute Gasteiger partial charge is 0.435 e. The summed E-state index contributed by atoms with van der Waals surface area (Å²) >= 11 is 0. The Bertz CT molecular complexity index is 434. The van der Waals surface area contributed by atoms with Crippen LogP contribution < -0.4 is 15.0 Å². The fourth-order valence-corrected chi connectivity index (χ4v) is 2.69. The molecule has 3 rings (SSSR count). The van der Waals surface area contributed by atoms with Crippen LogP contribution in [0.5, 0.6) is 5.75 Å². The quantitative estimate of drug-likeness (QED) is 0.868. The van der Waals surface area contributed by atoms with Crippen molar-refractivity contribution in [3.8, 4) is 5.75 Å². The smallest absolute Gasteiger partial charge is 0.387 e. The number of ether oxygens (including phenoxy) is 1. The Morgan fingerprint density at radius 3 is 2.60 bits per heavy atom. The van der Waals surface area contributed by atoms with Crippen LogP contribution in [0.2, 0.25) is 0 Å². The Balaban J connectivity index is 1.51. The van der Waals surface area contributed by atoms with Crippen LogP contribution in [0, 0.1) is 5.92 Å². The summed E-state index contributed by atoms with van der Waals surface area (Å²) in [5.41, 5.74) is 1.08. The summed E-state index contributed by atoms with van der Waals surface area (Å²) in [5, 5.41) is 3.57. The van der Waals surface area contributed by atoms with Gasteiger partial charge in [-0.25, -0.2) is 0 Å². The van der Waals surface area contributed by atoms with Gasteiger partial charge in [-0.3, -0.25) is 0 Å². The van der Waals surface area contributed by atoms with Gasteiger partial charge in [-0.15, -0.1) is 0 Å². The number of hydrogen-bond donors (Lipinski definition) is 1. The maximum absolute atomic E-state index is 12.1. The minimum absolute atomic E-state index is 0.217. The monoisotopic (exact) mass is 282 g/mol. The number of alkyl halides is 2. The highest BCUT2D eigenvalue weighted by Gasteiger charge is 2.26. The minimum atomic E-state index is -2.76. The van der Waals surface area contributed by atoms with E-state index in [2.05, 4.69) is 15.0 Å². The van der Waals surface area contributed by atoms with Gasteiger partial charge in [0, 0.05) is 24.8 Å². The average molecular weight is 282 g/mol. The molecule has 0 aromatic heterocycles. The molecule has 0 amide bonds. The molecule has 1 aromatic carbocycles. The average Bonchev–Trinajstić information content (AvgIpc) is 3.14. The molecule has 110 valence electrons. The van der Waals surface area contributed by atoms with Gasteiger partial charge in [0.1, 0.15) is 5.75 Å². The van der Waals surface area contributed by atoms with Gasteiger partial charge in [0.05, 0.1) is 0 Å². The van der Waals surface area contributed by atoms with E-state index in [4.69, 9.17) is 0 Å². The first kappa shape index (κ1) is 13.6. The normalized spacial score (nSPS) is 22.6. The van der Waals surface area contributed by atoms with Crippen LogP contribution in [-0.2, 0) is 0 Å². The third kappa shape index (κ3) is 3.60. The van der Waals surface area contributed by atoms with Gasteiger partial charge >= 0.3 is 6.61 Å². The summed E-state index contributed by atoms with van der Waals surface area (Å²) in [4.78, 5) is 2.31. The van der Waals surface area contributed by atoms with E-state index in [0.29, 0.717) is 5.92 Å². The molecule has 1 saturated heterocycles.